The average Bonchev–Trinajstić information content (AvgIpc) is 2.77. The van der Waals surface area contributed by atoms with Crippen molar-refractivity contribution < 1.29 is 0 Å². The molecule has 1 N–H and O–H groups in total. The highest BCUT2D eigenvalue weighted by Gasteiger charge is 2.22. The van der Waals surface area contributed by atoms with E-state index in [1.54, 1.807) is 0 Å². The van der Waals surface area contributed by atoms with Crippen molar-refractivity contribution >= 4 is 22.5 Å². The maximum Gasteiger partial charge on any atom is 0.132 e. The second kappa shape index (κ2) is 4.90. The smallest absolute Gasteiger partial charge is 0.132 e. The van der Waals surface area contributed by atoms with Crippen LogP contribution in [0.15, 0.2) is 60.8 Å². The lowest BCUT2D eigenvalue weighted by molar-refractivity contribution is 0.578. The summed E-state index contributed by atoms with van der Waals surface area (Å²) < 4.78 is 0. The van der Waals surface area contributed by atoms with Gasteiger partial charge in [-0.05, 0) is 11.1 Å². The summed E-state index contributed by atoms with van der Waals surface area (Å²) in [5, 5.41) is 8.82. The summed E-state index contributed by atoms with van der Waals surface area (Å²) in [5.41, 5.74) is 3.12. The van der Waals surface area contributed by atoms with Crippen molar-refractivity contribution in [3.63, 3.8) is 0 Å². The Bertz CT molecular complexity index is 647. The number of hydrogen-bond donors (Lipinski definition) is 1. The van der Waals surface area contributed by atoms with Crippen LogP contribution in [0, 0.1) is 5.41 Å². The molecule has 94 valence electrons. The van der Waals surface area contributed by atoms with Crippen molar-refractivity contribution in [3.8, 4) is 0 Å². The molecule has 0 aromatic heterocycles. The van der Waals surface area contributed by atoms with Crippen LogP contribution in [-0.4, -0.2) is 10.7 Å². The minimum absolute atomic E-state index is 0.504. The largest absolute Gasteiger partial charge is 0.327 e. The molecule has 2 aromatic rings. The Kier molecular flexibility index (Phi) is 3.10. The number of fused-ring (bicyclic) bond motifs is 1. The van der Waals surface area contributed by atoms with Crippen molar-refractivity contribution in [1.29, 1.82) is 5.41 Å². The molecule has 0 atom stereocenters. The van der Waals surface area contributed by atoms with Gasteiger partial charge in [-0.25, -0.2) is 0 Å². The lowest BCUT2D eigenvalue weighted by atomic mass is 10.1. The molecular formula is C16H13ClN2. The van der Waals surface area contributed by atoms with Crippen LogP contribution in [0.25, 0.3) is 5.03 Å². The van der Waals surface area contributed by atoms with Crippen molar-refractivity contribution in [3.05, 3.63) is 77.5 Å². The Morgan fingerprint density at radius 3 is 2.47 bits per heavy atom. The Labute approximate surface area is 117 Å². The molecule has 1 aliphatic heterocycles. The predicted octanol–water partition coefficient (Wildman–Crippen LogP) is 4.06. The van der Waals surface area contributed by atoms with E-state index in [2.05, 4.69) is 0 Å². The minimum Gasteiger partial charge on any atom is -0.327 e. The highest BCUT2D eigenvalue weighted by Crippen LogP contribution is 2.26. The van der Waals surface area contributed by atoms with E-state index in [-0.39, 0.29) is 0 Å². The van der Waals surface area contributed by atoms with Crippen molar-refractivity contribution in [2.24, 2.45) is 0 Å². The number of benzene rings is 2. The molecule has 2 aromatic carbocycles. The maximum absolute atomic E-state index is 8.17. The second-order valence-corrected chi connectivity index (χ2v) is 4.88. The molecule has 0 bridgehead atoms. The van der Waals surface area contributed by atoms with Gasteiger partial charge in [0.25, 0.3) is 0 Å². The molecule has 19 heavy (non-hydrogen) atoms. The molecule has 0 unspecified atom stereocenters. The van der Waals surface area contributed by atoms with Crippen LogP contribution in [0.1, 0.15) is 16.7 Å². The summed E-state index contributed by atoms with van der Waals surface area (Å²) in [4.78, 5) is 1.88. The third kappa shape index (κ3) is 2.27. The summed E-state index contributed by atoms with van der Waals surface area (Å²) >= 11 is 6.32. The molecule has 0 spiro atoms. The van der Waals surface area contributed by atoms with Crippen LogP contribution in [0.3, 0.4) is 0 Å². The van der Waals surface area contributed by atoms with E-state index in [1.165, 1.54) is 5.56 Å². The third-order valence-electron chi connectivity index (χ3n) is 3.22. The van der Waals surface area contributed by atoms with E-state index in [0.717, 1.165) is 11.1 Å². The average molecular weight is 269 g/mol. The maximum atomic E-state index is 8.17. The molecule has 1 aliphatic rings. The molecule has 2 nitrogen and oxygen atoms in total. The summed E-state index contributed by atoms with van der Waals surface area (Å²) in [5.74, 6) is 0.504. The summed E-state index contributed by atoms with van der Waals surface area (Å²) in [6, 6.07) is 17.8. The van der Waals surface area contributed by atoms with E-state index in [1.807, 2.05) is 65.7 Å². The summed E-state index contributed by atoms with van der Waals surface area (Å²) in [6.07, 6.45) is 1.83. The SMILES string of the molecule is N=C1c2ccccc2CN1/C=C(\Cl)c1ccccc1. The summed E-state index contributed by atoms with van der Waals surface area (Å²) in [6.45, 7) is 0.706. The van der Waals surface area contributed by atoms with Gasteiger partial charge < -0.3 is 4.90 Å². The Hall–Kier alpha value is -2.06. The van der Waals surface area contributed by atoms with E-state index < -0.39 is 0 Å². The number of hydrogen-bond acceptors (Lipinski definition) is 1. The first-order chi connectivity index (χ1) is 9.25. The number of amidine groups is 1. The van der Waals surface area contributed by atoms with Gasteiger partial charge >= 0.3 is 0 Å². The van der Waals surface area contributed by atoms with Crippen LogP contribution in [0.5, 0.6) is 0 Å². The molecule has 0 amide bonds. The van der Waals surface area contributed by atoms with E-state index in [9.17, 15) is 0 Å². The fourth-order valence-corrected chi connectivity index (χ4v) is 2.47. The fraction of sp³-hybridized carbons (Fsp3) is 0.0625. The molecule has 1 heterocycles. The minimum atomic E-state index is 0.504. The van der Waals surface area contributed by atoms with Crippen molar-refractivity contribution in [2.75, 3.05) is 0 Å². The molecule has 0 fully saturated rings. The third-order valence-corrected chi connectivity index (χ3v) is 3.53. The molecule has 0 saturated heterocycles. The summed E-state index contributed by atoms with van der Waals surface area (Å²) in [7, 11) is 0. The van der Waals surface area contributed by atoms with Gasteiger partial charge in [-0.3, -0.25) is 5.41 Å². The quantitative estimate of drug-likeness (QED) is 0.874. The van der Waals surface area contributed by atoms with Crippen LogP contribution < -0.4 is 0 Å². The fourth-order valence-electron chi connectivity index (χ4n) is 2.23. The van der Waals surface area contributed by atoms with Gasteiger partial charge in [0.05, 0.1) is 5.03 Å². The normalized spacial score (nSPS) is 14.7. The van der Waals surface area contributed by atoms with E-state index >= 15 is 0 Å². The molecular weight excluding hydrogens is 256 g/mol. The zero-order chi connectivity index (χ0) is 13.2. The van der Waals surface area contributed by atoms with Gasteiger partial charge in [0, 0.05) is 18.3 Å². The van der Waals surface area contributed by atoms with Crippen molar-refractivity contribution in [2.45, 2.75) is 6.54 Å². The van der Waals surface area contributed by atoms with Crippen molar-refractivity contribution in [1.82, 2.24) is 4.90 Å². The molecule has 0 radical (unpaired) electrons. The number of halogens is 1. The topological polar surface area (TPSA) is 27.1 Å². The van der Waals surface area contributed by atoms with Gasteiger partial charge in [-0.1, -0.05) is 66.2 Å². The van der Waals surface area contributed by atoms with Gasteiger partial charge in [0.15, 0.2) is 0 Å². The Morgan fingerprint density at radius 1 is 1.05 bits per heavy atom. The second-order valence-electron chi connectivity index (χ2n) is 4.48. The van der Waals surface area contributed by atoms with Crippen LogP contribution >= 0.6 is 11.6 Å². The van der Waals surface area contributed by atoms with E-state index in [0.29, 0.717) is 17.4 Å². The molecule has 0 aliphatic carbocycles. The van der Waals surface area contributed by atoms with Gasteiger partial charge in [0.1, 0.15) is 5.84 Å². The van der Waals surface area contributed by atoms with Crippen LogP contribution in [-0.2, 0) is 6.54 Å². The standard InChI is InChI=1S/C16H13ClN2/c17-15(12-6-2-1-3-7-12)11-19-10-13-8-4-5-9-14(13)16(19)18/h1-9,11,18H,10H2/b15-11-,18-16?. The molecule has 3 heteroatoms. The lowest BCUT2D eigenvalue weighted by Crippen LogP contribution is -2.17. The monoisotopic (exact) mass is 268 g/mol. The predicted molar refractivity (Wildman–Crippen MR) is 79.1 cm³/mol. The van der Waals surface area contributed by atoms with Gasteiger partial charge in [0.2, 0.25) is 0 Å². The Morgan fingerprint density at radius 2 is 1.74 bits per heavy atom. The number of nitrogens with one attached hydrogen (secondary N) is 1. The van der Waals surface area contributed by atoms with E-state index in [4.69, 9.17) is 17.0 Å². The van der Waals surface area contributed by atoms with Gasteiger partial charge in [-0.15, -0.1) is 0 Å². The Balaban J connectivity index is 1.89. The highest BCUT2D eigenvalue weighted by atomic mass is 35.5. The first-order valence-electron chi connectivity index (χ1n) is 6.12. The number of nitrogens with zero attached hydrogens (tertiary/aromatic N) is 1. The zero-order valence-electron chi connectivity index (χ0n) is 10.3. The van der Waals surface area contributed by atoms with Gasteiger partial charge in [-0.2, -0.15) is 0 Å². The lowest BCUT2D eigenvalue weighted by Gasteiger charge is -2.13. The first-order valence-corrected chi connectivity index (χ1v) is 6.50. The zero-order valence-corrected chi connectivity index (χ0v) is 11.1. The highest BCUT2D eigenvalue weighted by molar-refractivity contribution is 6.48. The van der Waals surface area contributed by atoms with Crippen LogP contribution in [0.2, 0.25) is 0 Å². The number of rotatable bonds is 2. The first kappa shape index (κ1) is 12.0. The van der Waals surface area contributed by atoms with Crippen LogP contribution in [0.4, 0.5) is 0 Å². The molecule has 3 rings (SSSR count). The molecule has 0 saturated carbocycles.